The van der Waals surface area contributed by atoms with Crippen LogP contribution in [0.2, 0.25) is 0 Å². The van der Waals surface area contributed by atoms with Gasteiger partial charge in [-0.15, -0.1) is 24.0 Å². The Bertz CT molecular complexity index is 353. The van der Waals surface area contributed by atoms with E-state index >= 15 is 0 Å². The van der Waals surface area contributed by atoms with Crippen LogP contribution in [0.25, 0.3) is 0 Å². The second kappa shape index (κ2) is 9.27. The van der Waals surface area contributed by atoms with Crippen LogP contribution in [0, 0.1) is 5.41 Å². The molecule has 0 radical (unpaired) electrons. The third kappa shape index (κ3) is 5.53. The molecule has 1 aliphatic carbocycles. The van der Waals surface area contributed by atoms with E-state index in [1.165, 1.54) is 19.3 Å². The third-order valence-electron chi connectivity index (χ3n) is 5.04. The molecule has 1 atom stereocenters. The minimum absolute atomic E-state index is 0. The lowest BCUT2D eigenvalue weighted by Crippen LogP contribution is -2.49. The van der Waals surface area contributed by atoms with Crippen LogP contribution in [0.3, 0.4) is 0 Å². The number of aliphatic imine (C=N–C) groups is 1. The summed E-state index contributed by atoms with van der Waals surface area (Å²) in [5, 5.41) is 6.90. The predicted molar refractivity (Wildman–Crippen MR) is 101 cm³/mol. The molecule has 1 heterocycles. The van der Waals surface area contributed by atoms with Gasteiger partial charge in [0.15, 0.2) is 5.96 Å². The van der Waals surface area contributed by atoms with Crippen LogP contribution in [0.15, 0.2) is 4.99 Å². The first-order valence-corrected chi connectivity index (χ1v) is 8.19. The standard InChI is InChI=1S/C16H31N3O2.HI/c1-15(6-5-10-21-15)12-18-14(17-2)19-13-16(7-4-8-16)9-11-20-3;/h4-13H2,1-3H3,(H2,17,18,19);1H. The zero-order valence-electron chi connectivity index (χ0n) is 14.2. The fraction of sp³-hybridized carbons (Fsp3) is 0.938. The van der Waals surface area contributed by atoms with Gasteiger partial charge in [0.25, 0.3) is 0 Å². The predicted octanol–water partition coefficient (Wildman–Crippen LogP) is 2.55. The molecule has 0 aromatic heterocycles. The monoisotopic (exact) mass is 425 g/mol. The molecule has 2 rings (SSSR count). The number of rotatable bonds is 7. The van der Waals surface area contributed by atoms with Crippen molar-refractivity contribution in [2.45, 2.75) is 51.0 Å². The van der Waals surface area contributed by atoms with Crippen LogP contribution in [0.5, 0.6) is 0 Å². The van der Waals surface area contributed by atoms with Crippen molar-refractivity contribution in [3.8, 4) is 0 Å². The summed E-state index contributed by atoms with van der Waals surface area (Å²) in [6.07, 6.45) is 7.33. The van der Waals surface area contributed by atoms with Gasteiger partial charge in [0.1, 0.15) is 0 Å². The summed E-state index contributed by atoms with van der Waals surface area (Å²) in [7, 11) is 3.61. The fourth-order valence-corrected chi connectivity index (χ4v) is 3.25. The molecule has 130 valence electrons. The lowest BCUT2D eigenvalue weighted by atomic mass is 9.67. The minimum Gasteiger partial charge on any atom is -0.385 e. The molecule has 0 spiro atoms. The van der Waals surface area contributed by atoms with Gasteiger partial charge in [0, 0.05) is 40.5 Å². The topological polar surface area (TPSA) is 54.9 Å². The molecule has 1 unspecified atom stereocenters. The molecule has 0 amide bonds. The summed E-state index contributed by atoms with van der Waals surface area (Å²) in [6, 6.07) is 0. The van der Waals surface area contributed by atoms with Crippen LogP contribution in [-0.2, 0) is 9.47 Å². The Balaban J connectivity index is 0.00000242. The first-order chi connectivity index (χ1) is 10.1. The maximum Gasteiger partial charge on any atom is 0.191 e. The lowest BCUT2D eigenvalue weighted by Gasteiger charge is -2.42. The number of ether oxygens (including phenoxy) is 2. The highest BCUT2D eigenvalue weighted by Gasteiger charge is 2.36. The van der Waals surface area contributed by atoms with Crippen molar-refractivity contribution >= 4 is 29.9 Å². The van der Waals surface area contributed by atoms with E-state index in [4.69, 9.17) is 9.47 Å². The highest BCUT2D eigenvalue weighted by Crippen LogP contribution is 2.43. The molecule has 2 fully saturated rings. The molecule has 2 N–H and O–H groups in total. The molecule has 0 bridgehead atoms. The number of guanidine groups is 1. The average molecular weight is 425 g/mol. The Morgan fingerprint density at radius 1 is 1.18 bits per heavy atom. The molecule has 0 aromatic rings. The number of nitrogens with zero attached hydrogens (tertiary/aromatic N) is 1. The second-order valence-electron chi connectivity index (χ2n) is 6.78. The second-order valence-corrected chi connectivity index (χ2v) is 6.78. The number of methoxy groups -OCH3 is 1. The van der Waals surface area contributed by atoms with Gasteiger partial charge in [-0.1, -0.05) is 6.42 Å². The van der Waals surface area contributed by atoms with Gasteiger partial charge < -0.3 is 20.1 Å². The van der Waals surface area contributed by atoms with E-state index in [2.05, 4.69) is 22.5 Å². The normalized spacial score (nSPS) is 27.0. The molecule has 2 aliphatic rings. The van der Waals surface area contributed by atoms with Crippen molar-refractivity contribution in [2.24, 2.45) is 10.4 Å². The summed E-state index contributed by atoms with van der Waals surface area (Å²) in [4.78, 5) is 4.33. The van der Waals surface area contributed by atoms with E-state index in [9.17, 15) is 0 Å². The van der Waals surface area contributed by atoms with Crippen LogP contribution in [-0.4, -0.2) is 52.0 Å². The Kier molecular flexibility index (Phi) is 8.42. The SMILES string of the molecule is CN=C(NCC1(CCOC)CCC1)NCC1(C)CCCO1.I. The summed E-state index contributed by atoms with van der Waals surface area (Å²) < 4.78 is 11.0. The fourth-order valence-electron chi connectivity index (χ4n) is 3.25. The lowest BCUT2D eigenvalue weighted by molar-refractivity contribution is 0.0241. The number of hydrogen-bond donors (Lipinski definition) is 2. The van der Waals surface area contributed by atoms with Gasteiger partial charge in [0.05, 0.1) is 5.60 Å². The van der Waals surface area contributed by atoms with E-state index in [0.717, 1.165) is 51.5 Å². The molecule has 22 heavy (non-hydrogen) atoms. The van der Waals surface area contributed by atoms with Crippen molar-refractivity contribution < 1.29 is 9.47 Å². The molecule has 1 saturated heterocycles. The van der Waals surface area contributed by atoms with Crippen LogP contribution in [0.1, 0.15) is 45.4 Å². The van der Waals surface area contributed by atoms with Gasteiger partial charge in [-0.3, -0.25) is 4.99 Å². The van der Waals surface area contributed by atoms with E-state index < -0.39 is 0 Å². The highest BCUT2D eigenvalue weighted by molar-refractivity contribution is 14.0. The van der Waals surface area contributed by atoms with Crippen molar-refractivity contribution in [3.63, 3.8) is 0 Å². The van der Waals surface area contributed by atoms with Gasteiger partial charge >= 0.3 is 0 Å². The molecule has 1 saturated carbocycles. The van der Waals surface area contributed by atoms with E-state index in [1.807, 2.05) is 7.05 Å². The van der Waals surface area contributed by atoms with Gasteiger partial charge in [0.2, 0.25) is 0 Å². The molecular weight excluding hydrogens is 393 g/mol. The maximum absolute atomic E-state index is 5.80. The number of nitrogens with one attached hydrogen (secondary N) is 2. The summed E-state index contributed by atoms with van der Waals surface area (Å²) in [6.45, 7) is 5.70. The Hall–Kier alpha value is -0.0800. The molecule has 6 heteroatoms. The highest BCUT2D eigenvalue weighted by atomic mass is 127. The van der Waals surface area contributed by atoms with E-state index in [-0.39, 0.29) is 29.6 Å². The minimum atomic E-state index is -0.0399. The third-order valence-corrected chi connectivity index (χ3v) is 5.04. The smallest absolute Gasteiger partial charge is 0.191 e. The molecular formula is C16H32IN3O2. The van der Waals surface area contributed by atoms with Gasteiger partial charge in [-0.25, -0.2) is 0 Å². The number of hydrogen-bond acceptors (Lipinski definition) is 3. The van der Waals surface area contributed by atoms with Gasteiger partial charge in [-0.05, 0) is 44.4 Å². The Labute approximate surface area is 152 Å². The summed E-state index contributed by atoms with van der Waals surface area (Å²) >= 11 is 0. The molecule has 5 nitrogen and oxygen atoms in total. The zero-order valence-corrected chi connectivity index (χ0v) is 16.6. The quantitative estimate of drug-likeness (QED) is 0.374. The van der Waals surface area contributed by atoms with Crippen LogP contribution in [0.4, 0.5) is 0 Å². The summed E-state index contributed by atoms with van der Waals surface area (Å²) in [5.74, 6) is 0.885. The first kappa shape index (κ1) is 20.0. The van der Waals surface area contributed by atoms with Crippen molar-refractivity contribution in [3.05, 3.63) is 0 Å². The molecule has 0 aromatic carbocycles. The van der Waals surface area contributed by atoms with Gasteiger partial charge in [-0.2, -0.15) is 0 Å². The van der Waals surface area contributed by atoms with Crippen LogP contribution < -0.4 is 10.6 Å². The molecule has 1 aliphatic heterocycles. The van der Waals surface area contributed by atoms with Crippen molar-refractivity contribution in [2.75, 3.05) is 40.5 Å². The average Bonchev–Trinajstić information content (AvgIpc) is 2.87. The van der Waals surface area contributed by atoms with E-state index in [0.29, 0.717) is 5.41 Å². The summed E-state index contributed by atoms with van der Waals surface area (Å²) in [5.41, 5.74) is 0.364. The van der Waals surface area contributed by atoms with Crippen molar-refractivity contribution in [1.82, 2.24) is 10.6 Å². The Morgan fingerprint density at radius 2 is 1.91 bits per heavy atom. The number of halogens is 1. The first-order valence-electron chi connectivity index (χ1n) is 8.19. The van der Waals surface area contributed by atoms with Crippen molar-refractivity contribution in [1.29, 1.82) is 0 Å². The van der Waals surface area contributed by atoms with Crippen LogP contribution >= 0.6 is 24.0 Å². The largest absolute Gasteiger partial charge is 0.385 e. The van der Waals surface area contributed by atoms with E-state index in [1.54, 1.807) is 7.11 Å². The zero-order chi connectivity index (χ0) is 15.2. The maximum atomic E-state index is 5.80. The Morgan fingerprint density at radius 3 is 2.41 bits per heavy atom.